The first-order valence-electron chi connectivity index (χ1n) is 5.63. The van der Waals surface area contributed by atoms with Crippen LogP contribution in [0.15, 0.2) is 29.3 Å². The van der Waals surface area contributed by atoms with Gasteiger partial charge in [-0.05, 0) is 47.2 Å². The molecular formula is C13H10FIN2O3. The summed E-state index contributed by atoms with van der Waals surface area (Å²) in [5.74, 6) is -2.14. The second kappa shape index (κ2) is 5.70. The molecule has 7 heteroatoms. The third-order valence-corrected chi connectivity index (χ3v) is 4.02. The second-order valence-corrected chi connectivity index (χ2v) is 5.28. The van der Waals surface area contributed by atoms with Crippen molar-refractivity contribution in [3.05, 3.63) is 61.1 Å². The summed E-state index contributed by atoms with van der Waals surface area (Å²) >= 11 is 1.91. The van der Waals surface area contributed by atoms with E-state index < -0.39 is 17.3 Å². The Morgan fingerprint density at radius 3 is 2.80 bits per heavy atom. The Kier molecular flexibility index (Phi) is 4.17. The molecule has 1 aromatic carbocycles. The maximum Gasteiger partial charge on any atom is 0.338 e. The molecule has 2 aromatic rings. The first-order chi connectivity index (χ1) is 9.40. The van der Waals surface area contributed by atoms with E-state index in [1.165, 1.54) is 23.0 Å². The zero-order valence-electron chi connectivity index (χ0n) is 10.4. The van der Waals surface area contributed by atoms with E-state index in [1.54, 1.807) is 6.92 Å². The zero-order valence-corrected chi connectivity index (χ0v) is 12.6. The van der Waals surface area contributed by atoms with E-state index in [2.05, 4.69) is 4.98 Å². The second-order valence-electron chi connectivity index (χ2n) is 4.20. The number of rotatable bonds is 3. The van der Waals surface area contributed by atoms with Crippen LogP contribution in [0, 0.1) is 16.3 Å². The standard InChI is InChI=1S/C13H10FIN2O3/c1-7-11(15)12(18)17(6-16-7)5-8-2-3-9(13(19)20)10(14)4-8/h2-4,6H,5H2,1H3,(H,19,20). The van der Waals surface area contributed by atoms with Gasteiger partial charge >= 0.3 is 5.97 Å². The fourth-order valence-corrected chi connectivity index (χ4v) is 2.14. The van der Waals surface area contributed by atoms with Crippen molar-refractivity contribution in [2.24, 2.45) is 0 Å². The highest BCUT2D eigenvalue weighted by Gasteiger charge is 2.11. The van der Waals surface area contributed by atoms with Crippen LogP contribution in [0.1, 0.15) is 21.6 Å². The van der Waals surface area contributed by atoms with Crippen LogP contribution in [0.4, 0.5) is 4.39 Å². The van der Waals surface area contributed by atoms with Crippen molar-refractivity contribution in [2.45, 2.75) is 13.5 Å². The first-order valence-corrected chi connectivity index (χ1v) is 6.71. The fourth-order valence-electron chi connectivity index (χ4n) is 1.69. The van der Waals surface area contributed by atoms with Crippen LogP contribution in [-0.4, -0.2) is 20.6 Å². The van der Waals surface area contributed by atoms with E-state index >= 15 is 0 Å². The minimum absolute atomic E-state index is 0.138. The summed E-state index contributed by atoms with van der Waals surface area (Å²) < 4.78 is 15.4. The fraction of sp³-hybridized carbons (Fsp3) is 0.154. The van der Waals surface area contributed by atoms with Gasteiger partial charge in [0.2, 0.25) is 0 Å². The Labute approximate surface area is 127 Å². The summed E-state index contributed by atoms with van der Waals surface area (Å²) in [4.78, 5) is 26.8. The molecule has 0 spiro atoms. The van der Waals surface area contributed by atoms with Gasteiger partial charge in [0.1, 0.15) is 5.82 Å². The molecule has 0 aliphatic rings. The Balaban J connectivity index is 2.36. The number of nitrogens with zero attached hydrogens (tertiary/aromatic N) is 2. The van der Waals surface area contributed by atoms with Gasteiger partial charge in [0.25, 0.3) is 5.56 Å². The monoisotopic (exact) mass is 388 g/mol. The highest BCUT2D eigenvalue weighted by molar-refractivity contribution is 14.1. The van der Waals surface area contributed by atoms with Crippen molar-refractivity contribution in [2.75, 3.05) is 0 Å². The predicted octanol–water partition coefficient (Wildman–Crippen LogP) is 2.04. The van der Waals surface area contributed by atoms with Crippen LogP contribution in [0.25, 0.3) is 0 Å². The highest BCUT2D eigenvalue weighted by Crippen LogP contribution is 2.11. The zero-order chi connectivity index (χ0) is 14.9. The first kappa shape index (κ1) is 14.6. The summed E-state index contributed by atoms with van der Waals surface area (Å²) in [6, 6.07) is 3.78. The molecule has 1 aromatic heterocycles. The lowest BCUT2D eigenvalue weighted by molar-refractivity contribution is 0.0692. The number of carboxylic acid groups (broad SMARTS) is 1. The number of hydrogen-bond donors (Lipinski definition) is 1. The molecule has 0 bridgehead atoms. The molecule has 0 saturated carbocycles. The van der Waals surface area contributed by atoms with Gasteiger partial charge in [-0.2, -0.15) is 0 Å². The van der Waals surface area contributed by atoms with Gasteiger partial charge in [0.15, 0.2) is 0 Å². The van der Waals surface area contributed by atoms with Gasteiger partial charge in [0, 0.05) is 0 Å². The van der Waals surface area contributed by atoms with Crippen molar-refractivity contribution < 1.29 is 14.3 Å². The third-order valence-electron chi connectivity index (χ3n) is 2.77. The number of benzene rings is 1. The maximum atomic E-state index is 13.6. The van der Waals surface area contributed by atoms with E-state index in [1.807, 2.05) is 22.6 Å². The lowest BCUT2D eigenvalue weighted by atomic mass is 10.1. The smallest absolute Gasteiger partial charge is 0.338 e. The van der Waals surface area contributed by atoms with Gasteiger partial charge in [-0.25, -0.2) is 14.2 Å². The minimum atomic E-state index is -1.32. The number of aromatic carboxylic acids is 1. The summed E-state index contributed by atoms with van der Waals surface area (Å²) in [6.45, 7) is 1.87. The van der Waals surface area contributed by atoms with Gasteiger partial charge < -0.3 is 5.11 Å². The molecule has 1 heterocycles. The molecule has 0 unspecified atom stereocenters. The van der Waals surface area contributed by atoms with Crippen LogP contribution in [0.3, 0.4) is 0 Å². The van der Waals surface area contributed by atoms with Gasteiger partial charge in [-0.3, -0.25) is 9.36 Å². The Hall–Kier alpha value is -1.77. The predicted molar refractivity (Wildman–Crippen MR) is 78.4 cm³/mol. The molecule has 0 aliphatic heterocycles. The molecule has 0 amide bonds. The van der Waals surface area contributed by atoms with E-state index in [-0.39, 0.29) is 12.1 Å². The summed E-state index contributed by atoms with van der Waals surface area (Å²) in [7, 11) is 0. The molecular weight excluding hydrogens is 378 g/mol. The Morgan fingerprint density at radius 2 is 2.20 bits per heavy atom. The van der Waals surface area contributed by atoms with Crippen molar-refractivity contribution in [3.63, 3.8) is 0 Å². The van der Waals surface area contributed by atoms with Crippen molar-refractivity contribution in [3.8, 4) is 0 Å². The minimum Gasteiger partial charge on any atom is -0.478 e. The van der Waals surface area contributed by atoms with E-state index in [0.29, 0.717) is 14.8 Å². The molecule has 1 N–H and O–H groups in total. The van der Waals surface area contributed by atoms with Crippen molar-refractivity contribution >= 4 is 28.6 Å². The highest BCUT2D eigenvalue weighted by atomic mass is 127. The molecule has 0 fully saturated rings. The lowest BCUT2D eigenvalue weighted by Gasteiger charge is -2.08. The molecule has 0 saturated heterocycles. The van der Waals surface area contributed by atoms with Crippen molar-refractivity contribution in [1.82, 2.24) is 9.55 Å². The van der Waals surface area contributed by atoms with E-state index in [0.717, 1.165) is 6.07 Å². The number of carboxylic acids is 1. The SMILES string of the molecule is Cc1ncn(Cc2ccc(C(=O)O)c(F)c2)c(=O)c1I. The summed E-state index contributed by atoms with van der Waals surface area (Å²) in [6.07, 6.45) is 1.39. The van der Waals surface area contributed by atoms with Gasteiger partial charge in [0.05, 0.1) is 27.7 Å². The van der Waals surface area contributed by atoms with Crippen LogP contribution in [-0.2, 0) is 6.54 Å². The normalized spacial score (nSPS) is 10.6. The topological polar surface area (TPSA) is 72.2 Å². The van der Waals surface area contributed by atoms with E-state index in [4.69, 9.17) is 5.11 Å². The average molecular weight is 388 g/mol. The van der Waals surface area contributed by atoms with Gasteiger partial charge in [-0.15, -0.1) is 0 Å². The quantitative estimate of drug-likeness (QED) is 0.818. The van der Waals surface area contributed by atoms with Crippen LogP contribution >= 0.6 is 22.6 Å². The molecule has 2 rings (SSSR count). The average Bonchev–Trinajstić information content (AvgIpc) is 2.39. The number of halogens is 2. The van der Waals surface area contributed by atoms with E-state index in [9.17, 15) is 14.0 Å². The van der Waals surface area contributed by atoms with Crippen LogP contribution in [0.5, 0.6) is 0 Å². The Morgan fingerprint density at radius 1 is 1.50 bits per heavy atom. The largest absolute Gasteiger partial charge is 0.478 e. The van der Waals surface area contributed by atoms with Crippen LogP contribution < -0.4 is 5.56 Å². The molecule has 0 radical (unpaired) electrons. The number of aryl methyl sites for hydroxylation is 1. The maximum absolute atomic E-state index is 13.6. The molecule has 20 heavy (non-hydrogen) atoms. The lowest BCUT2D eigenvalue weighted by Crippen LogP contribution is -2.24. The molecule has 104 valence electrons. The summed E-state index contributed by atoms with van der Waals surface area (Å²) in [5.41, 5.74) is 0.536. The van der Waals surface area contributed by atoms with Crippen LogP contribution in [0.2, 0.25) is 0 Å². The molecule has 0 atom stereocenters. The van der Waals surface area contributed by atoms with Gasteiger partial charge in [-0.1, -0.05) is 6.07 Å². The van der Waals surface area contributed by atoms with Crippen molar-refractivity contribution in [1.29, 1.82) is 0 Å². The molecule has 5 nitrogen and oxygen atoms in total. The number of carbonyl (C=O) groups is 1. The third kappa shape index (κ3) is 2.87. The number of hydrogen-bond acceptors (Lipinski definition) is 3. The molecule has 0 aliphatic carbocycles. The number of aromatic nitrogens is 2. The summed E-state index contributed by atoms with van der Waals surface area (Å²) in [5, 5.41) is 8.75. The Bertz CT molecular complexity index is 743.